The molecule has 0 aromatic carbocycles. The summed E-state index contributed by atoms with van der Waals surface area (Å²) in [6.45, 7) is 0. The largest absolute Gasteiger partial charge is 0.352 e. The second kappa shape index (κ2) is 5.56. The molecule has 4 heteroatoms. The number of alkyl halides is 1. The summed E-state index contributed by atoms with van der Waals surface area (Å²) in [5.74, 6) is 0.0353. The predicted molar refractivity (Wildman–Crippen MR) is 58.6 cm³/mol. The van der Waals surface area contributed by atoms with Gasteiger partial charge in [-0.25, -0.2) is 0 Å². The molecule has 1 aliphatic carbocycles. The highest BCUT2D eigenvalue weighted by Gasteiger charge is 2.22. The molecule has 0 aromatic rings. The molecule has 1 aliphatic rings. The molecule has 0 atom stereocenters. The number of nitrogens with one attached hydrogen (secondary N) is 1. The zero-order valence-corrected chi connectivity index (χ0v) is 9.68. The van der Waals surface area contributed by atoms with Gasteiger partial charge in [-0.05, 0) is 39.8 Å². The first-order chi connectivity index (χ1) is 6.63. The molecular formula is C10H19ClN2O. The number of hydrogen-bond donors (Lipinski definition) is 1. The Morgan fingerprint density at radius 3 is 2.36 bits per heavy atom. The van der Waals surface area contributed by atoms with Crippen molar-refractivity contribution in [2.45, 2.75) is 37.8 Å². The Morgan fingerprint density at radius 2 is 1.93 bits per heavy atom. The van der Waals surface area contributed by atoms with Gasteiger partial charge in [0.15, 0.2) is 0 Å². The number of hydrogen-bond acceptors (Lipinski definition) is 2. The van der Waals surface area contributed by atoms with Crippen molar-refractivity contribution < 1.29 is 4.79 Å². The monoisotopic (exact) mass is 218 g/mol. The van der Waals surface area contributed by atoms with Crippen molar-refractivity contribution in [1.82, 2.24) is 10.2 Å². The molecule has 1 rings (SSSR count). The quantitative estimate of drug-likeness (QED) is 0.723. The van der Waals surface area contributed by atoms with Crippen molar-refractivity contribution in [3.05, 3.63) is 0 Å². The lowest BCUT2D eigenvalue weighted by atomic mass is 9.90. The minimum absolute atomic E-state index is 0.0417. The van der Waals surface area contributed by atoms with Gasteiger partial charge in [0, 0.05) is 12.1 Å². The van der Waals surface area contributed by atoms with Crippen LogP contribution in [0.4, 0.5) is 0 Å². The summed E-state index contributed by atoms with van der Waals surface area (Å²) in [5, 5.41) is 2.94. The fourth-order valence-corrected chi connectivity index (χ4v) is 2.08. The van der Waals surface area contributed by atoms with E-state index in [0.29, 0.717) is 12.1 Å². The molecule has 0 bridgehead atoms. The van der Waals surface area contributed by atoms with Crippen LogP contribution in [0.25, 0.3) is 0 Å². The van der Waals surface area contributed by atoms with E-state index in [1.807, 2.05) is 0 Å². The van der Waals surface area contributed by atoms with Gasteiger partial charge in [-0.1, -0.05) is 0 Å². The highest BCUT2D eigenvalue weighted by molar-refractivity contribution is 6.27. The fourth-order valence-electron chi connectivity index (χ4n) is 2.00. The predicted octanol–water partition coefficient (Wildman–Crippen LogP) is 1.21. The minimum atomic E-state index is -0.0417. The van der Waals surface area contributed by atoms with Gasteiger partial charge >= 0.3 is 0 Å². The Labute approximate surface area is 90.8 Å². The molecule has 1 fully saturated rings. The molecule has 3 nitrogen and oxygen atoms in total. The van der Waals surface area contributed by atoms with E-state index in [1.165, 1.54) is 12.8 Å². The van der Waals surface area contributed by atoms with Crippen LogP contribution in [0.5, 0.6) is 0 Å². The summed E-state index contributed by atoms with van der Waals surface area (Å²) in [7, 11) is 4.23. The second-order valence-corrected chi connectivity index (χ2v) is 4.44. The molecule has 82 valence electrons. The van der Waals surface area contributed by atoms with Crippen LogP contribution in [0.3, 0.4) is 0 Å². The van der Waals surface area contributed by atoms with E-state index in [-0.39, 0.29) is 11.8 Å². The molecule has 0 aliphatic heterocycles. The molecule has 1 N–H and O–H groups in total. The van der Waals surface area contributed by atoms with Crippen LogP contribution >= 0.6 is 11.6 Å². The van der Waals surface area contributed by atoms with Crippen molar-refractivity contribution in [2.75, 3.05) is 20.0 Å². The van der Waals surface area contributed by atoms with E-state index in [1.54, 1.807) is 0 Å². The van der Waals surface area contributed by atoms with Gasteiger partial charge in [-0.3, -0.25) is 4.79 Å². The molecule has 0 saturated heterocycles. The molecule has 0 heterocycles. The summed E-state index contributed by atoms with van der Waals surface area (Å²) in [5.41, 5.74) is 0. The molecule has 1 amide bonds. The van der Waals surface area contributed by atoms with Gasteiger partial charge in [0.05, 0.1) is 0 Å². The van der Waals surface area contributed by atoms with Crippen LogP contribution in [0, 0.1) is 0 Å². The van der Waals surface area contributed by atoms with Crippen molar-refractivity contribution in [3.63, 3.8) is 0 Å². The van der Waals surface area contributed by atoms with Gasteiger partial charge in [0.25, 0.3) is 0 Å². The Kier molecular flexibility index (Phi) is 4.69. The number of amides is 1. The van der Waals surface area contributed by atoms with Gasteiger partial charge < -0.3 is 10.2 Å². The Balaban J connectivity index is 2.25. The van der Waals surface area contributed by atoms with Crippen LogP contribution < -0.4 is 5.32 Å². The third kappa shape index (κ3) is 3.46. The Bertz CT molecular complexity index is 189. The molecule has 1 saturated carbocycles. The summed E-state index contributed by atoms with van der Waals surface area (Å²) in [6, 6.07) is 1.02. The second-order valence-electron chi connectivity index (χ2n) is 4.17. The average molecular weight is 219 g/mol. The molecule has 0 aromatic heterocycles. The summed E-state index contributed by atoms with van der Waals surface area (Å²) in [6.07, 6.45) is 4.48. The van der Waals surface area contributed by atoms with Gasteiger partial charge in [0.1, 0.15) is 5.88 Å². The highest BCUT2D eigenvalue weighted by Crippen LogP contribution is 2.21. The van der Waals surface area contributed by atoms with Crippen molar-refractivity contribution in [1.29, 1.82) is 0 Å². The summed E-state index contributed by atoms with van der Waals surface area (Å²) >= 11 is 5.43. The lowest BCUT2D eigenvalue weighted by molar-refractivity contribution is -0.119. The van der Waals surface area contributed by atoms with Gasteiger partial charge in [-0.15, -0.1) is 11.6 Å². The third-order valence-electron chi connectivity index (χ3n) is 2.91. The van der Waals surface area contributed by atoms with Crippen LogP contribution in [0.15, 0.2) is 0 Å². The molecular weight excluding hydrogens is 200 g/mol. The molecule has 0 radical (unpaired) electrons. The number of carbonyl (C=O) groups is 1. The molecule has 0 unspecified atom stereocenters. The molecule has 14 heavy (non-hydrogen) atoms. The normalized spacial score (nSPS) is 27.7. The maximum absolute atomic E-state index is 11.0. The van der Waals surface area contributed by atoms with E-state index in [9.17, 15) is 4.79 Å². The first kappa shape index (κ1) is 11.8. The number of carbonyl (C=O) groups excluding carboxylic acids is 1. The topological polar surface area (TPSA) is 32.3 Å². The average Bonchev–Trinajstić information content (AvgIpc) is 2.18. The lowest BCUT2D eigenvalue weighted by Gasteiger charge is -2.32. The lowest BCUT2D eigenvalue weighted by Crippen LogP contribution is -2.42. The number of halogens is 1. The zero-order valence-electron chi connectivity index (χ0n) is 8.92. The standard InChI is InChI=1S/C10H19ClN2O/c1-13(2)9-5-3-8(4-6-9)12-10(14)7-11/h8-9H,3-7H2,1-2H3,(H,12,14). The van der Waals surface area contributed by atoms with Gasteiger partial charge in [0.2, 0.25) is 5.91 Å². The van der Waals surface area contributed by atoms with Gasteiger partial charge in [-0.2, -0.15) is 0 Å². The van der Waals surface area contributed by atoms with Crippen molar-refractivity contribution in [3.8, 4) is 0 Å². The van der Waals surface area contributed by atoms with E-state index in [4.69, 9.17) is 11.6 Å². The molecule has 0 spiro atoms. The van der Waals surface area contributed by atoms with Crippen molar-refractivity contribution in [2.24, 2.45) is 0 Å². The van der Waals surface area contributed by atoms with E-state index >= 15 is 0 Å². The highest BCUT2D eigenvalue weighted by atomic mass is 35.5. The van der Waals surface area contributed by atoms with Crippen LogP contribution in [-0.2, 0) is 4.79 Å². The van der Waals surface area contributed by atoms with E-state index < -0.39 is 0 Å². The Hall–Kier alpha value is -0.280. The van der Waals surface area contributed by atoms with E-state index in [0.717, 1.165) is 12.8 Å². The summed E-state index contributed by atoms with van der Waals surface area (Å²) in [4.78, 5) is 13.3. The number of nitrogens with zero attached hydrogens (tertiary/aromatic N) is 1. The zero-order chi connectivity index (χ0) is 10.6. The van der Waals surface area contributed by atoms with Crippen LogP contribution in [-0.4, -0.2) is 42.9 Å². The summed E-state index contributed by atoms with van der Waals surface area (Å²) < 4.78 is 0. The minimum Gasteiger partial charge on any atom is -0.352 e. The SMILES string of the molecule is CN(C)C1CCC(NC(=O)CCl)CC1. The first-order valence-corrected chi connectivity index (χ1v) is 5.68. The fraction of sp³-hybridized carbons (Fsp3) is 0.900. The Morgan fingerprint density at radius 1 is 1.36 bits per heavy atom. The number of rotatable bonds is 3. The van der Waals surface area contributed by atoms with Crippen molar-refractivity contribution >= 4 is 17.5 Å². The smallest absolute Gasteiger partial charge is 0.235 e. The maximum atomic E-state index is 11.0. The van der Waals surface area contributed by atoms with E-state index in [2.05, 4.69) is 24.3 Å². The first-order valence-electron chi connectivity index (χ1n) is 5.15. The van der Waals surface area contributed by atoms with Crippen LogP contribution in [0.2, 0.25) is 0 Å². The maximum Gasteiger partial charge on any atom is 0.235 e. The van der Waals surface area contributed by atoms with Crippen LogP contribution in [0.1, 0.15) is 25.7 Å². The third-order valence-corrected chi connectivity index (χ3v) is 3.16.